The van der Waals surface area contributed by atoms with E-state index in [4.69, 9.17) is 4.98 Å². The average Bonchev–Trinajstić information content (AvgIpc) is 3.37. The summed E-state index contributed by atoms with van der Waals surface area (Å²) < 4.78 is 4.20. The fourth-order valence-electron chi connectivity index (χ4n) is 3.87. The second kappa shape index (κ2) is 6.52. The Morgan fingerprint density at radius 3 is 2.70 bits per heavy atom. The van der Waals surface area contributed by atoms with Gasteiger partial charge in [0.25, 0.3) is 0 Å². The Labute approximate surface area is 174 Å². The van der Waals surface area contributed by atoms with E-state index < -0.39 is 4.92 Å². The van der Waals surface area contributed by atoms with Crippen LogP contribution in [-0.4, -0.2) is 39.3 Å². The van der Waals surface area contributed by atoms with Crippen molar-refractivity contribution < 1.29 is 4.92 Å². The zero-order valence-corrected chi connectivity index (χ0v) is 17.6. The number of fused-ring (bicyclic) bond motifs is 5. The molecule has 30 heavy (non-hydrogen) atoms. The first-order valence-corrected chi connectivity index (χ1v) is 10.3. The SMILES string of the molecule is CCC(c1nc2c3sc4nc(C)cc(C)c4c3ncn2n1)n1nc([N+](=O)[O-])cc1C. The van der Waals surface area contributed by atoms with Gasteiger partial charge in [-0.25, -0.2) is 19.5 Å². The van der Waals surface area contributed by atoms with Crippen LogP contribution in [0.2, 0.25) is 0 Å². The third-order valence-electron chi connectivity index (χ3n) is 5.19. The van der Waals surface area contributed by atoms with Crippen LogP contribution in [0.15, 0.2) is 18.5 Å². The summed E-state index contributed by atoms with van der Waals surface area (Å²) in [6, 6.07) is 3.20. The maximum atomic E-state index is 11.1. The van der Waals surface area contributed by atoms with Crippen LogP contribution in [0.4, 0.5) is 5.82 Å². The number of aryl methyl sites for hydroxylation is 3. The molecular weight excluding hydrogens is 404 g/mol. The largest absolute Gasteiger partial charge is 0.390 e. The summed E-state index contributed by atoms with van der Waals surface area (Å²) >= 11 is 1.55. The van der Waals surface area contributed by atoms with E-state index in [1.165, 1.54) is 6.07 Å². The van der Waals surface area contributed by atoms with Gasteiger partial charge >= 0.3 is 5.82 Å². The van der Waals surface area contributed by atoms with Crippen molar-refractivity contribution in [1.29, 1.82) is 0 Å². The molecule has 0 saturated carbocycles. The normalized spacial score (nSPS) is 12.9. The van der Waals surface area contributed by atoms with Gasteiger partial charge < -0.3 is 10.1 Å². The molecule has 5 rings (SSSR count). The molecule has 0 amide bonds. The highest BCUT2D eigenvalue weighted by molar-refractivity contribution is 7.26. The van der Waals surface area contributed by atoms with Gasteiger partial charge in [-0.15, -0.1) is 16.4 Å². The van der Waals surface area contributed by atoms with Crippen molar-refractivity contribution in [3.63, 3.8) is 0 Å². The van der Waals surface area contributed by atoms with Crippen molar-refractivity contribution in [2.24, 2.45) is 0 Å². The molecule has 0 aromatic carbocycles. The first-order chi connectivity index (χ1) is 14.4. The first kappa shape index (κ1) is 18.6. The summed E-state index contributed by atoms with van der Waals surface area (Å²) in [4.78, 5) is 25.6. The monoisotopic (exact) mass is 422 g/mol. The number of nitro groups is 1. The molecule has 0 aliphatic carbocycles. The number of thiophene rings is 1. The van der Waals surface area contributed by atoms with Crippen LogP contribution in [0, 0.1) is 30.9 Å². The predicted molar refractivity (Wildman–Crippen MR) is 113 cm³/mol. The number of nitrogens with zero attached hydrogens (tertiary/aromatic N) is 8. The molecule has 0 radical (unpaired) electrons. The smallest absolute Gasteiger partial charge is 0.358 e. The fourth-order valence-corrected chi connectivity index (χ4v) is 5.09. The van der Waals surface area contributed by atoms with Crippen LogP contribution in [-0.2, 0) is 0 Å². The molecule has 0 fully saturated rings. The summed E-state index contributed by atoms with van der Waals surface area (Å²) in [6.45, 7) is 7.81. The summed E-state index contributed by atoms with van der Waals surface area (Å²) in [6.07, 6.45) is 2.30. The minimum atomic E-state index is -0.491. The topological polar surface area (TPSA) is 117 Å². The Hall–Kier alpha value is -3.47. The lowest BCUT2D eigenvalue weighted by Gasteiger charge is -2.09. The molecule has 0 bridgehead atoms. The van der Waals surface area contributed by atoms with Crippen molar-refractivity contribution in [3.05, 3.63) is 51.4 Å². The van der Waals surface area contributed by atoms with Gasteiger partial charge in [0.1, 0.15) is 21.9 Å². The molecule has 0 spiro atoms. The maximum absolute atomic E-state index is 11.1. The maximum Gasteiger partial charge on any atom is 0.390 e. The van der Waals surface area contributed by atoms with Crippen LogP contribution < -0.4 is 0 Å². The molecule has 5 aromatic rings. The van der Waals surface area contributed by atoms with Crippen molar-refractivity contribution in [1.82, 2.24) is 34.3 Å². The Kier molecular flexibility index (Phi) is 4.03. The van der Waals surface area contributed by atoms with E-state index in [1.807, 2.05) is 13.8 Å². The second-order valence-corrected chi connectivity index (χ2v) is 8.29. The molecule has 0 aliphatic rings. The molecule has 1 atom stereocenters. The molecule has 11 heteroatoms. The van der Waals surface area contributed by atoms with Gasteiger partial charge in [-0.1, -0.05) is 6.92 Å². The van der Waals surface area contributed by atoms with E-state index in [1.54, 1.807) is 33.8 Å². The van der Waals surface area contributed by atoms with E-state index >= 15 is 0 Å². The van der Waals surface area contributed by atoms with Gasteiger partial charge in [0, 0.05) is 11.1 Å². The van der Waals surface area contributed by atoms with E-state index in [2.05, 4.69) is 33.2 Å². The molecule has 5 heterocycles. The Bertz CT molecular complexity index is 1460. The molecule has 1 unspecified atom stereocenters. The number of rotatable bonds is 4. The van der Waals surface area contributed by atoms with E-state index in [-0.39, 0.29) is 11.9 Å². The highest BCUT2D eigenvalue weighted by Gasteiger charge is 2.27. The van der Waals surface area contributed by atoms with Crippen LogP contribution in [0.3, 0.4) is 0 Å². The lowest BCUT2D eigenvalue weighted by Crippen LogP contribution is -2.14. The molecular formula is C19H18N8O2S. The minimum Gasteiger partial charge on any atom is -0.358 e. The first-order valence-electron chi connectivity index (χ1n) is 9.49. The van der Waals surface area contributed by atoms with Crippen molar-refractivity contribution in [2.75, 3.05) is 0 Å². The van der Waals surface area contributed by atoms with Crippen molar-refractivity contribution >= 4 is 43.2 Å². The van der Waals surface area contributed by atoms with Gasteiger partial charge in [0.2, 0.25) is 0 Å². The number of hydrogen-bond donors (Lipinski definition) is 0. The fraction of sp³-hybridized carbons (Fsp3) is 0.316. The van der Waals surface area contributed by atoms with Gasteiger partial charge in [-0.2, -0.15) is 4.68 Å². The highest BCUT2D eigenvalue weighted by Crippen LogP contribution is 2.36. The summed E-state index contributed by atoms with van der Waals surface area (Å²) in [5.41, 5.74) is 4.35. The molecule has 5 aromatic heterocycles. The predicted octanol–water partition coefficient (Wildman–Crippen LogP) is 3.92. The van der Waals surface area contributed by atoms with Crippen LogP contribution in [0.1, 0.15) is 42.2 Å². The van der Waals surface area contributed by atoms with Crippen molar-refractivity contribution in [3.8, 4) is 0 Å². The lowest BCUT2D eigenvalue weighted by atomic mass is 10.1. The standard InChI is InChI=1S/C19H18N8O2S/c1-5-12(26-11(4)7-13(23-26)27(28)29)17-22-18-16-15(20-8-25(18)24-17)14-9(2)6-10(3)21-19(14)30-16/h6-8,12H,5H2,1-4H3. The molecule has 10 nitrogen and oxygen atoms in total. The summed E-state index contributed by atoms with van der Waals surface area (Å²) in [5, 5.41) is 20.9. The average molecular weight is 422 g/mol. The third-order valence-corrected chi connectivity index (χ3v) is 6.25. The third kappa shape index (κ3) is 2.65. The van der Waals surface area contributed by atoms with E-state index in [0.29, 0.717) is 23.6 Å². The quantitative estimate of drug-likeness (QED) is 0.318. The van der Waals surface area contributed by atoms with Gasteiger partial charge in [-0.05, 0) is 43.7 Å². The summed E-state index contributed by atoms with van der Waals surface area (Å²) in [5.74, 6) is 0.367. The Balaban J connectivity index is 1.71. The van der Waals surface area contributed by atoms with Crippen LogP contribution in [0.5, 0.6) is 0 Å². The molecule has 152 valence electrons. The second-order valence-electron chi connectivity index (χ2n) is 7.29. The zero-order chi connectivity index (χ0) is 21.2. The highest BCUT2D eigenvalue weighted by atomic mass is 32.1. The molecule has 0 N–H and O–H groups in total. The van der Waals surface area contributed by atoms with Gasteiger partial charge in [0.05, 0.1) is 22.4 Å². The van der Waals surface area contributed by atoms with Gasteiger partial charge in [0.15, 0.2) is 11.5 Å². The van der Waals surface area contributed by atoms with Gasteiger partial charge in [-0.3, -0.25) is 0 Å². The Morgan fingerprint density at radius 1 is 1.20 bits per heavy atom. The van der Waals surface area contributed by atoms with Crippen molar-refractivity contribution in [2.45, 2.75) is 40.2 Å². The lowest BCUT2D eigenvalue weighted by molar-refractivity contribution is -0.389. The van der Waals surface area contributed by atoms with Crippen LogP contribution >= 0.6 is 11.3 Å². The number of aromatic nitrogens is 7. The summed E-state index contributed by atoms with van der Waals surface area (Å²) in [7, 11) is 0. The number of hydrogen-bond acceptors (Lipinski definition) is 8. The molecule has 0 saturated heterocycles. The zero-order valence-electron chi connectivity index (χ0n) is 16.8. The Morgan fingerprint density at radius 2 is 2.00 bits per heavy atom. The molecule has 0 aliphatic heterocycles. The van der Waals surface area contributed by atoms with E-state index in [9.17, 15) is 10.1 Å². The van der Waals surface area contributed by atoms with Crippen LogP contribution in [0.25, 0.3) is 26.1 Å². The number of pyridine rings is 1. The minimum absolute atomic E-state index is 0.180. The van der Waals surface area contributed by atoms with E-state index in [0.717, 1.165) is 31.7 Å².